The number of aliphatic hydroxyl groups is 2. The second-order valence-corrected chi connectivity index (χ2v) is 9.58. The number of terminal acetylenes is 1. The number of allylic oxidation sites excluding steroid dienone is 1. The van der Waals surface area contributed by atoms with Crippen LogP contribution in [0.3, 0.4) is 0 Å². The summed E-state index contributed by atoms with van der Waals surface area (Å²) in [6.45, 7) is 3.79. The van der Waals surface area contributed by atoms with Gasteiger partial charge in [0.05, 0.1) is 6.10 Å². The second-order valence-electron chi connectivity index (χ2n) is 9.58. The van der Waals surface area contributed by atoms with Gasteiger partial charge >= 0.3 is 0 Å². The fraction of sp³-hybridized carbons (Fsp3) is 0.739. The lowest BCUT2D eigenvalue weighted by Gasteiger charge is -2.60. The number of aliphatic hydroxyl groups excluding tert-OH is 2. The van der Waals surface area contributed by atoms with E-state index >= 15 is 0 Å². The molecule has 0 radical (unpaired) electrons. The highest BCUT2D eigenvalue weighted by Gasteiger charge is 2.66. The lowest BCUT2D eigenvalue weighted by atomic mass is 9.44. The molecule has 4 nitrogen and oxygen atoms in total. The molecule has 2 unspecified atom stereocenters. The average molecular weight is 370 g/mol. The Morgan fingerprint density at radius 2 is 2.07 bits per heavy atom. The summed E-state index contributed by atoms with van der Waals surface area (Å²) < 4.78 is 0. The third-order valence-electron chi connectivity index (χ3n) is 8.66. The molecule has 146 valence electrons. The van der Waals surface area contributed by atoms with Gasteiger partial charge in [0.2, 0.25) is 0 Å². The third kappa shape index (κ3) is 2.44. The average Bonchev–Trinajstić information content (AvgIpc) is 3.01. The van der Waals surface area contributed by atoms with Crippen LogP contribution >= 0.6 is 0 Å². The molecule has 0 amide bonds. The van der Waals surface area contributed by atoms with Gasteiger partial charge in [0.15, 0.2) is 5.78 Å². The Labute approximate surface area is 161 Å². The van der Waals surface area contributed by atoms with E-state index in [-0.39, 0.29) is 40.7 Å². The quantitative estimate of drug-likeness (QED) is 0.733. The fourth-order valence-corrected chi connectivity index (χ4v) is 7.63. The topological polar surface area (TPSA) is 74.6 Å². The van der Waals surface area contributed by atoms with Gasteiger partial charge in [0.1, 0.15) is 11.9 Å². The van der Waals surface area contributed by atoms with E-state index in [2.05, 4.69) is 12.8 Å². The molecule has 0 spiro atoms. The van der Waals surface area contributed by atoms with Crippen LogP contribution in [0.5, 0.6) is 0 Å². The van der Waals surface area contributed by atoms with Gasteiger partial charge < -0.3 is 10.2 Å². The molecule has 0 aliphatic heterocycles. The molecule has 3 saturated carbocycles. The summed E-state index contributed by atoms with van der Waals surface area (Å²) in [5.74, 6) is 2.95. The van der Waals surface area contributed by atoms with Crippen LogP contribution in [0.2, 0.25) is 0 Å². The Morgan fingerprint density at radius 1 is 1.33 bits per heavy atom. The van der Waals surface area contributed by atoms with Crippen molar-refractivity contribution in [2.75, 3.05) is 0 Å². The van der Waals surface area contributed by atoms with Crippen LogP contribution in [-0.2, 0) is 9.59 Å². The zero-order chi connectivity index (χ0) is 19.6. The molecule has 8 atom stereocenters. The molecule has 2 N–H and O–H groups in total. The monoisotopic (exact) mass is 370 g/mol. The summed E-state index contributed by atoms with van der Waals surface area (Å²) in [5, 5.41) is 22.2. The second kappa shape index (κ2) is 6.29. The number of rotatable bonds is 2. The molecule has 0 aromatic carbocycles. The lowest BCUT2D eigenvalue weighted by molar-refractivity contribution is -0.166. The van der Waals surface area contributed by atoms with Crippen LogP contribution in [0, 0.1) is 46.8 Å². The number of hydrogen-bond donors (Lipinski definition) is 2. The minimum absolute atomic E-state index is 0.0689. The molecule has 4 rings (SSSR count). The van der Waals surface area contributed by atoms with Gasteiger partial charge in [-0.3, -0.25) is 9.59 Å². The maximum atomic E-state index is 12.4. The predicted octanol–water partition coefficient (Wildman–Crippen LogP) is 2.67. The van der Waals surface area contributed by atoms with Crippen molar-refractivity contribution >= 4 is 11.6 Å². The molecule has 0 heterocycles. The Morgan fingerprint density at radius 3 is 2.74 bits per heavy atom. The van der Waals surface area contributed by atoms with Crippen molar-refractivity contribution in [3.8, 4) is 12.3 Å². The van der Waals surface area contributed by atoms with E-state index in [1.54, 1.807) is 6.92 Å². The predicted molar refractivity (Wildman–Crippen MR) is 101 cm³/mol. The van der Waals surface area contributed by atoms with Gasteiger partial charge in [-0.05, 0) is 74.7 Å². The van der Waals surface area contributed by atoms with Crippen molar-refractivity contribution in [2.45, 2.75) is 71.0 Å². The van der Waals surface area contributed by atoms with E-state index in [1.807, 2.05) is 6.08 Å². The van der Waals surface area contributed by atoms with Crippen LogP contribution in [0.4, 0.5) is 0 Å². The molecule has 0 aromatic rings. The highest BCUT2D eigenvalue weighted by molar-refractivity contribution is 5.91. The molecule has 0 aromatic heterocycles. The highest BCUT2D eigenvalue weighted by Crippen LogP contribution is 2.67. The summed E-state index contributed by atoms with van der Waals surface area (Å²) in [7, 11) is 0. The minimum Gasteiger partial charge on any atom is -0.393 e. The maximum absolute atomic E-state index is 12.4. The van der Waals surface area contributed by atoms with Gasteiger partial charge in [0.25, 0.3) is 0 Å². The molecule has 0 saturated heterocycles. The summed E-state index contributed by atoms with van der Waals surface area (Å²) >= 11 is 0. The van der Waals surface area contributed by atoms with Crippen molar-refractivity contribution < 1.29 is 19.8 Å². The van der Waals surface area contributed by atoms with Crippen LogP contribution in [0.1, 0.15) is 58.8 Å². The summed E-state index contributed by atoms with van der Waals surface area (Å²) in [4.78, 5) is 24.4. The number of fused-ring (bicyclic) bond motifs is 5. The van der Waals surface area contributed by atoms with Crippen molar-refractivity contribution in [2.24, 2.45) is 34.5 Å². The number of hydrogen-bond acceptors (Lipinski definition) is 4. The molecule has 27 heavy (non-hydrogen) atoms. The first kappa shape index (κ1) is 18.9. The van der Waals surface area contributed by atoms with E-state index in [1.165, 1.54) is 5.57 Å². The SMILES string of the molecule is C#CC(O)[C@]12CC(O)[C@H]3[C@@H](CCC4=CC(=O)CC[C@@]43C)[C@@H]1CC[C@@H]2C(C)=O. The van der Waals surface area contributed by atoms with Crippen LogP contribution in [0.15, 0.2) is 11.6 Å². The zero-order valence-electron chi connectivity index (χ0n) is 16.3. The highest BCUT2D eigenvalue weighted by atomic mass is 16.3. The first-order valence-electron chi connectivity index (χ1n) is 10.3. The first-order chi connectivity index (χ1) is 12.8. The van der Waals surface area contributed by atoms with Crippen LogP contribution in [-0.4, -0.2) is 34.0 Å². The van der Waals surface area contributed by atoms with Crippen molar-refractivity contribution in [3.05, 3.63) is 11.6 Å². The number of carbonyl (C=O) groups excluding carboxylic acids is 2. The Kier molecular flexibility index (Phi) is 4.40. The van der Waals surface area contributed by atoms with Gasteiger partial charge in [-0.25, -0.2) is 0 Å². The minimum atomic E-state index is -1.01. The van der Waals surface area contributed by atoms with Crippen LogP contribution in [0.25, 0.3) is 0 Å². The standard InChI is InChI=1S/C23H30O4/c1-4-20(27)23-12-19(26)21-16(18(23)8-7-17(23)13(2)24)6-5-14-11-15(25)9-10-22(14,21)3/h1,11,16-21,26-27H,5-10,12H2,2-3H3/t16-,17+,18-,19?,20?,21+,22-,23-/m0/s1. The zero-order valence-corrected chi connectivity index (χ0v) is 16.3. The van der Waals surface area contributed by atoms with E-state index in [9.17, 15) is 19.8 Å². The smallest absolute Gasteiger partial charge is 0.155 e. The largest absolute Gasteiger partial charge is 0.393 e. The van der Waals surface area contributed by atoms with E-state index < -0.39 is 17.6 Å². The van der Waals surface area contributed by atoms with Crippen molar-refractivity contribution in [3.63, 3.8) is 0 Å². The summed E-state index contributed by atoms with van der Waals surface area (Å²) in [5.41, 5.74) is 0.311. The molecule has 4 heteroatoms. The van der Waals surface area contributed by atoms with Gasteiger partial charge in [-0.15, -0.1) is 6.42 Å². The fourth-order valence-electron chi connectivity index (χ4n) is 7.63. The number of carbonyl (C=O) groups is 2. The van der Waals surface area contributed by atoms with E-state index in [4.69, 9.17) is 6.42 Å². The summed E-state index contributed by atoms with van der Waals surface area (Å²) in [6.07, 6.45) is 10.9. The third-order valence-corrected chi connectivity index (χ3v) is 8.66. The molecular formula is C23H30O4. The normalized spacial score (nSPS) is 47.1. The molecular weight excluding hydrogens is 340 g/mol. The van der Waals surface area contributed by atoms with Gasteiger partial charge in [0, 0.05) is 17.8 Å². The molecule has 3 fully saturated rings. The molecule has 4 aliphatic rings. The van der Waals surface area contributed by atoms with Gasteiger partial charge in [-0.1, -0.05) is 18.4 Å². The van der Waals surface area contributed by atoms with Crippen molar-refractivity contribution in [1.29, 1.82) is 0 Å². The Bertz CT molecular complexity index is 746. The van der Waals surface area contributed by atoms with E-state index in [0.29, 0.717) is 12.8 Å². The van der Waals surface area contributed by atoms with Crippen LogP contribution < -0.4 is 0 Å². The van der Waals surface area contributed by atoms with Gasteiger partial charge in [-0.2, -0.15) is 0 Å². The molecule has 4 aliphatic carbocycles. The maximum Gasteiger partial charge on any atom is 0.155 e. The van der Waals surface area contributed by atoms with Crippen molar-refractivity contribution in [1.82, 2.24) is 0 Å². The Hall–Kier alpha value is -1.44. The summed E-state index contributed by atoms with van der Waals surface area (Å²) in [6, 6.07) is 0. The first-order valence-corrected chi connectivity index (χ1v) is 10.3. The number of ketones is 2. The van der Waals surface area contributed by atoms with E-state index in [0.717, 1.165) is 32.1 Å². The lowest BCUT2D eigenvalue weighted by Crippen LogP contribution is -2.60. The number of Topliss-reactive ketones (excluding diaryl/α,β-unsaturated/α-hetero) is 1. The Balaban J connectivity index is 1.78. The molecule has 0 bridgehead atoms.